The molecule has 0 atom stereocenters. The molecule has 0 aliphatic heterocycles. The van der Waals surface area contributed by atoms with Crippen molar-refractivity contribution in [2.24, 2.45) is 0 Å². The Morgan fingerprint density at radius 3 is 1.72 bits per heavy atom. The number of hydrogen-bond acceptors (Lipinski definition) is 8. The minimum Gasteiger partial charge on any atom is -0.346 e. The summed E-state index contributed by atoms with van der Waals surface area (Å²) < 4.78 is 48.9. The maximum atomic E-state index is 13.3. The molecule has 0 unspecified atom stereocenters. The molecular formula is C14H25BrN2O6P2. The summed E-state index contributed by atoms with van der Waals surface area (Å²) in [4.78, 5) is 4.16. The Bertz CT molecular complexity index is 566. The van der Waals surface area contributed by atoms with E-state index in [1.54, 1.807) is 46.0 Å². The van der Waals surface area contributed by atoms with Crippen molar-refractivity contribution in [1.29, 1.82) is 0 Å². The lowest BCUT2D eigenvalue weighted by Gasteiger charge is -2.31. The van der Waals surface area contributed by atoms with Gasteiger partial charge in [-0.15, -0.1) is 0 Å². The van der Waals surface area contributed by atoms with E-state index < -0.39 is 20.7 Å². The highest BCUT2D eigenvalue weighted by Crippen LogP contribution is 2.70. The van der Waals surface area contributed by atoms with Crippen LogP contribution in [0.4, 0.5) is 5.82 Å². The van der Waals surface area contributed by atoms with Crippen molar-refractivity contribution in [2.45, 2.75) is 33.2 Å². The van der Waals surface area contributed by atoms with Crippen molar-refractivity contribution in [1.82, 2.24) is 4.98 Å². The first-order valence-electron chi connectivity index (χ1n) is 8.00. The van der Waals surface area contributed by atoms with Crippen molar-refractivity contribution < 1.29 is 27.2 Å². The SMILES string of the molecule is CCOP(=O)(OCC)C(Nc1ccc(Br)cn1)P(=O)(OCC)OCC. The van der Waals surface area contributed by atoms with E-state index in [9.17, 15) is 9.13 Å². The quantitative estimate of drug-likeness (QED) is 0.433. The topological polar surface area (TPSA) is 96.0 Å². The molecule has 1 aromatic heterocycles. The lowest BCUT2D eigenvalue weighted by Crippen LogP contribution is -2.26. The molecule has 0 aliphatic rings. The predicted octanol–water partition coefficient (Wildman–Crippen LogP) is 5.07. The van der Waals surface area contributed by atoms with Gasteiger partial charge in [0.2, 0.25) is 5.52 Å². The maximum absolute atomic E-state index is 13.3. The maximum Gasteiger partial charge on any atom is 0.365 e. The Balaban J connectivity index is 3.34. The summed E-state index contributed by atoms with van der Waals surface area (Å²) in [5, 5.41) is 2.87. The van der Waals surface area contributed by atoms with Crippen LogP contribution in [0.1, 0.15) is 27.7 Å². The standard InChI is InChI=1S/C14H25BrN2O6P2/c1-5-20-24(18,21-6-2)14(25(19,22-7-3)23-8-4)17-13-10-9-12(15)11-16-13/h9-11,14H,5-8H2,1-4H3,(H,16,17). The lowest BCUT2D eigenvalue weighted by atomic mass is 10.5. The summed E-state index contributed by atoms with van der Waals surface area (Å²) in [5.41, 5.74) is -1.34. The first-order valence-corrected chi connectivity index (χ1v) is 12.0. The van der Waals surface area contributed by atoms with Crippen LogP contribution in [-0.2, 0) is 27.2 Å². The number of hydrogen-bond donors (Lipinski definition) is 1. The van der Waals surface area contributed by atoms with Gasteiger partial charge in [0.1, 0.15) is 5.82 Å². The van der Waals surface area contributed by atoms with Crippen LogP contribution in [0.3, 0.4) is 0 Å². The van der Waals surface area contributed by atoms with Gasteiger partial charge in [-0.1, -0.05) is 0 Å². The summed E-state index contributed by atoms with van der Waals surface area (Å²) >= 11 is 3.29. The molecule has 0 aromatic carbocycles. The van der Waals surface area contributed by atoms with Crippen molar-refractivity contribution >= 4 is 36.9 Å². The fourth-order valence-corrected chi connectivity index (χ4v) is 7.16. The molecule has 25 heavy (non-hydrogen) atoms. The molecule has 144 valence electrons. The van der Waals surface area contributed by atoms with Crippen molar-refractivity contribution in [3.05, 3.63) is 22.8 Å². The van der Waals surface area contributed by atoms with E-state index in [0.29, 0.717) is 5.82 Å². The molecule has 0 aliphatic carbocycles. The van der Waals surface area contributed by atoms with Gasteiger partial charge in [0.05, 0.1) is 26.4 Å². The Labute approximate surface area is 157 Å². The van der Waals surface area contributed by atoms with E-state index in [1.807, 2.05) is 0 Å². The molecule has 1 heterocycles. The number of halogens is 1. The Morgan fingerprint density at radius 1 is 0.960 bits per heavy atom. The monoisotopic (exact) mass is 458 g/mol. The predicted molar refractivity (Wildman–Crippen MR) is 101 cm³/mol. The summed E-state index contributed by atoms with van der Waals surface area (Å²) in [7, 11) is -7.73. The summed E-state index contributed by atoms with van der Waals surface area (Å²) in [6.45, 7) is 7.14. The van der Waals surface area contributed by atoms with Crippen LogP contribution in [0.15, 0.2) is 22.8 Å². The second-order valence-electron chi connectivity index (χ2n) is 4.63. The number of anilines is 1. The Morgan fingerprint density at radius 2 is 1.40 bits per heavy atom. The van der Waals surface area contributed by atoms with Gasteiger partial charge in [-0.05, 0) is 55.8 Å². The fourth-order valence-electron chi connectivity index (χ4n) is 2.00. The molecule has 11 heteroatoms. The van der Waals surface area contributed by atoms with Crippen LogP contribution in [0.25, 0.3) is 0 Å². The van der Waals surface area contributed by atoms with E-state index in [0.717, 1.165) is 4.47 Å². The fraction of sp³-hybridized carbons (Fsp3) is 0.643. The summed E-state index contributed by atoms with van der Waals surface area (Å²) in [6.07, 6.45) is 1.55. The van der Waals surface area contributed by atoms with E-state index in [2.05, 4.69) is 26.2 Å². The number of pyridine rings is 1. The molecule has 0 bridgehead atoms. The van der Waals surface area contributed by atoms with Gasteiger partial charge in [0.15, 0.2) is 0 Å². The second kappa shape index (κ2) is 10.8. The molecule has 1 rings (SSSR count). The van der Waals surface area contributed by atoms with Crippen LogP contribution in [0.2, 0.25) is 0 Å². The largest absolute Gasteiger partial charge is 0.365 e. The van der Waals surface area contributed by atoms with Crippen LogP contribution in [0, 0.1) is 0 Å². The second-order valence-corrected chi connectivity index (χ2v) is 10.2. The summed E-state index contributed by atoms with van der Waals surface area (Å²) in [5.74, 6) is 0.340. The van der Waals surface area contributed by atoms with E-state index in [4.69, 9.17) is 18.1 Å². The number of aromatic nitrogens is 1. The Hall–Kier alpha value is -0.270. The lowest BCUT2D eigenvalue weighted by molar-refractivity contribution is 0.198. The first kappa shape index (κ1) is 22.8. The van der Waals surface area contributed by atoms with Gasteiger partial charge in [0.25, 0.3) is 0 Å². The molecule has 0 amide bonds. The van der Waals surface area contributed by atoms with E-state index in [1.165, 1.54) is 0 Å². The highest BCUT2D eigenvalue weighted by Gasteiger charge is 2.51. The molecule has 1 aromatic rings. The van der Waals surface area contributed by atoms with Crippen molar-refractivity contribution in [3.63, 3.8) is 0 Å². The molecule has 0 radical (unpaired) electrons. The zero-order valence-corrected chi connectivity index (χ0v) is 18.2. The van der Waals surface area contributed by atoms with Gasteiger partial charge in [-0.3, -0.25) is 9.13 Å². The van der Waals surface area contributed by atoms with Crippen LogP contribution in [-0.4, -0.2) is 36.9 Å². The Kier molecular flexibility index (Phi) is 9.82. The summed E-state index contributed by atoms with van der Waals surface area (Å²) in [6, 6.07) is 3.38. The van der Waals surface area contributed by atoms with Gasteiger partial charge < -0.3 is 23.4 Å². The zero-order chi connectivity index (χ0) is 18.9. The number of nitrogens with one attached hydrogen (secondary N) is 1. The third-order valence-corrected chi connectivity index (χ3v) is 8.93. The molecule has 0 fully saturated rings. The van der Waals surface area contributed by atoms with Crippen LogP contribution in [0.5, 0.6) is 0 Å². The highest BCUT2D eigenvalue weighted by molar-refractivity contribution is 9.10. The molecule has 0 saturated carbocycles. The van der Waals surface area contributed by atoms with Crippen LogP contribution < -0.4 is 5.32 Å². The third-order valence-electron chi connectivity index (χ3n) is 2.84. The first-order chi connectivity index (χ1) is 11.8. The molecule has 8 nitrogen and oxygen atoms in total. The molecular weight excluding hydrogens is 434 g/mol. The van der Waals surface area contributed by atoms with Gasteiger partial charge >= 0.3 is 15.2 Å². The third kappa shape index (κ3) is 6.43. The molecule has 1 N–H and O–H groups in total. The van der Waals surface area contributed by atoms with Crippen molar-refractivity contribution in [3.8, 4) is 0 Å². The van der Waals surface area contributed by atoms with Crippen LogP contribution >= 0.6 is 31.1 Å². The normalized spacial score (nSPS) is 12.6. The minimum absolute atomic E-state index is 0.113. The number of nitrogens with zero attached hydrogens (tertiary/aromatic N) is 1. The minimum atomic E-state index is -3.86. The molecule has 0 saturated heterocycles. The van der Waals surface area contributed by atoms with E-state index >= 15 is 0 Å². The highest BCUT2D eigenvalue weighted by atomic mass is 79.9. The van der Waals surface area contributed by atoms with E-state index in [-0.39, 0.29) is 26.4 Å². The van der Waals surface area contributed by atoms with Gasteiger partial charge in [0, 0.05) is 10.7 Å². The van der Waals surface area contributed by atoms with Crippen molar-refractivity contribution in [2.75, 3.05) is 31.7 Å². The smallest absolute Gasteiger partial charge is 0.346 e. The average Bonchev–Trinajstić information content (AvgIpc) is 2.55. The number of rotatable bonds is 12. The average molecular weight is 459 g/mol. The zero-order valence-electron chi connectivity index (χ0n) is 14.8. The molecule has 0 spiro atoms. The van der Waals surface area contributed by atoms with Gasteiger partial charge in [-0.25, -0.2) is 4.98 Å². The van der Waals surface area contributed by atoms with Gasteiger partial charge in [-0.2, -0.15) is 0 Å².